The van der Waals surface area contributed by atoms with Gasteiger partial charge in [-0.25, -0.2) is 0 Å². The minimum Gasteiger partial charge on any atom is -0.397 e. The maximum Gasteiger partial charge on any atom is 0.0686 e. The Kier molecular flexibility index (Phi) is 2.84. The fourth-order valence-electron chi connectivity index (χ4n) is 0.756. The Labute approximate surface area is 93.0 Å². The Morgan fingerprint density at radius 3 is 2.36 bits per heavy atom. The monoisotopic (exact) mass is 374 g/mol. The van der Waals surface area contributed by atoms with E-state index in [9.17, 15) is 0 Å². The molecule has 0 aliphatic carbocycles. The van der Waals surface area contributed by atoms with Crippen molar-refractivity contribution in [3.05, 3.63) is 18.8 Å². The third-order valence-electron chi connectivity index (χ3n) is 1.52. The highest BCUT2D eigenvalue weighted by molar-refractivity contribution is 14.1. The van der Waals surface area contributed by atoms with E-state index >= 15 is 0 Å². The first-order valence-electron chi connectivity index (χ1n) is 3.03. The van der Waals surface area contributed by atoms with Crippen molar-refractivity contribution >= 4 is 56.6 Å². The van der Waals surface area contributed by atoms with Gasteiger partial charge in [0.15, 0.2) is 0 Å². The summed E-state index contributed by atoms with van der Waals surface area (Å²) in [6.45, 7) is 2.04. The minimum atomic E-state index is 0.671. The highest BCUT2D eigenvalue weighted by Crippen LogP contribution is 2.28. The van der Waals surface area contributed by atoms with Crippen LogP contribution in [0, 0.1) is 14.1 Å². The van der Waals surface area contributed by atoms with E-state index in [2.05, 4.69) is 45.2 Å². The van der Waals surface area contributed by atoms with Crippen LogP contribution in [0.4, 0.5) is 11.4 Å². The number of hydrogen-bond acceptors (Lipinski definition) is 2. The Morgan fingerprint density at radius 2 is 1.82 bits per heavy atom. The lowest BCUT2D eigenvalue weighted by Gasteiger charge is -2.07. The van der Waals surface area contributed by atoms with Crippen LogP contribution in [0.2, 0.25) is 0 Å². The van der Waals surface area contributed by atoms with Crippen molar-refractivity contribution in [1.29, 1.82) is 0 Å². The first-order valence-corrected chi connectivity index (χ1v) is 5.19. The van der Waals surface area contributed by atoms with Crippen molar-refractivity contribution in [2.45, 2.75) is 6.92 Å². The van der Waals surface area contributed by atoms with Gasteiger partial charge in [-0.1, -0.05) is 0 Å². The molecule has 0 fully saturated rings. The van der Waals surface area contributed by atoms with Crippen LogP contribution in [0.15, 0.2) is 6.07 Å². The summed E-state index contributed by atoms with van der Waals surface area (Å²) in [5.74, 6) is 0. The van der Waals surface area contributed by atoms with E-state index in [1.54, 1.807) is 0 Å². The zero-order chi connectivity index (χ0) is 8.59. The molecule has 1 aromatic rings. The quantitative estimate of drug-likeness (QED) is 0.542. The van der Waals surface area contributed by atoms with Gasteiger partial charge < -0.3 is 11.5 Å². The number of nitrogen functional groups attached to an aromatic ring is 2. The summed E-state index contributed by atoms with van der Waals surface area (Å²) in [6.07, 6.45) is 0. The number of anilines is 2. The van der Waals surface area contributed by atoms with E-state index < -0.39 is 0 Å². The molecule has 0 aliphatic rings. The van der Waals surface area contributed by atoms with Gasteiger partial charge >= 0.3 is 0 Å². The lowest BCUT2D eigenvalue weighted by Crippen LogP contribution is -2.00. The third-order valence-corrected chi connectivity index (χ3v) is 4.03. The molecule has 0 aromatic heterocycles. The van der Waals surface area contributed by atoms with Gasteiger partial charge in [-0.3, -0.25) is 0 Å². The molecule has 0 bridgehead atoms. The molecule has 60 valence electrons. The van der Waals surface area contributed by atoms with Crippen LogP contribution >= 0.6 is 45.2 Å². The van der Waals surface area contributed by atoms with E-state index in [1.165, 1.54) is 9.13 Å². The van der Waals surface area contributed by atoms with Gasteiger partial charge in [-0.05, 0) is 63.7 Å². The summed E-state index contributed by atoms with van der Waals surface area (Å²) in [5, 5.41) is 0. The molecule has 0 amide bonds. The fourth-order valence-corrected chi connectivity index (χ4v) is 2.48. The second-order valence-electron chi connectivity index (χ2n) is 2.30. The molecule has 0 saturated carbocycles. The largest absolute Gasteiger partial charge is 0.397 e. The summed E-state index contributed by atoms with van der Waals surface area (Å²) in [5.41, 5.74) is 13.9. The van der Waals surface area contributed by atoms with E-state index in [4.69, 9.17) is 11.5 Å². The average molecular weight is 374 g/mol. The predicted molar refractivity (Wildman–Crippen MR) is 65.4 cm³/mol. The maximum atomic E-state index is 5.72. The fraction of sp³-hybridized carbons (Fsp3) is 0.143. The summed E-state index contributed by atoms with van der Waals surface area (Å²) in [7, 11) is 0. The van der Waals surface area contributed by atoms with E-state index in [0.29, 0.717) is 11.4 Å². The highest BCUT2D eigenvalue weighted by Gasteiger charge is 2.06. The topological polar surface area (TPSA) is 52.0 Å². The SMILES string of the molecule is Cc1c(I)cc(N)c(N)c1I. The van der Waals surface area contributed by atoms with Crippen molar-refractivity contribution in [3.8, 4) is 0 Å². The number of hydrogen-bond donors (Lipinski definition) is 2. The van der Waals surface area contributed by atoms with Crippen LogP contribution in [0.3, 0.4) is 0 Å². The first kappa shape index (κ1) is 9.37. The smallest absolute Gasteiger partial charge is 0.0686 e. The molecule has 0 saturated heterocycles. The zero-order valence-corrected chi connectivity index (χ0v) is 10.3. The van der Waals surface area contributed by atoms with Crippen molar-refractivity contribution in [2.75, 3.05) is 11.5 Å². The van der Waals surface area contributed by atoms with Crippen LogP contribution in [-0.2, 0) is 0 Å². The molecule has 0 aliphatic heterocycles. The Hall–Kier alpha value is 0.280. The van der Waals surface area contributed by atoms with Crippen LogP contribution in [0.1, 0.15) is 5.56 Å². The van der Waals surface area contributed by atoms with Gasteiger partial charge in [0.25, 0.3) is 0 Å². The average Bonchev–Trinajstić information content (AvgIpc) is 1.97. The highest BCUT2D eigenvalue weighted by atomic mass is 127. The molecular formula is C7H8I2N2. The van der Waals surface area contributed by atoms with Crippen molar-refractivity contribution in [1.82, 2.24) is 0 Å². The molecule has 0 radical (unpaired) electrons. The molecule has 0 heterocycles. The Bertz CT molecular complexity index is 271. The van der Waals surface area contributed by atoms with Crippen LogP contribution in [-0.4, -0.2) is 0 Å². The number of nitrogens with two attached hydrogens (primary N) is 2. The van der Waals surface area contributed by atoms with E-state index in [0.717, 1.165) is 3.57 Å². The van der Waals surface area contributed by atoms with Crippen LogP contribution < -0.4 is 11.5 Å². The molecular weight excluding hydrogens is 366 g/mol. The van der Waals surface area contributed by atoms with Crippen molar-refractivity contribution in [3.63, 3.8) is 0 Å². The van der Waals surface area contributed by atoms with Crippen molar-refractivity contribution < 1.29 is 0 Å². The second kappa shape index (κ2) is 3.34. The summed E-state index contributed by atoms with van der Waals surface area (Å²) in [4.78, 5) is 0. The minimum absolute atomic E-state index is 0.671. The van der Waals surface area contributed by atoms with Crippen LogP contribution in [0.5, 0.6) is 0 Å². The molecule has 1 aromatic carbocycles. The molecule has 4 N–H and O–H groups in total. The standard InChI is InChI=1S/C7H8I2N2/c1-3-4(8)2-5(10)7(11)6(3)9/h2H,10-11H2,1H3. The number of benzene rings is 1. The molecule has 4 heteroatoms. The van der Waals surface area contributed by atoms with E-state index in [-0.39, 0.29) is 0 Å². The summed E-state index contributed by atoms with van der Waals surface area (Å²) in [6, 6.07) is 1.90. The zero-order valence-electron chi connectivity index (χ0n) is 5.99. The number of halogens is 2. The van der Waals surface area contributed by atoms with Gasteiger partial charge in [0.1, 0.15) is 0 Å². The summed E-state index contributed by atoms with van der Waals surface area (Å²) >= 11 is 4.46. The molecule has 0 spiro atoms. The lowest BCUT2D eigenvalue weighted by atomic mass is 10.2. The molecule has 2 nitrogen and oxygen atoms in total. The van der Waals surface area contributed by atoms with Gasteiger partial charge in [0.2, 0.25) is 0 Å². The molecule has 0 unspecified atom stereocenters. The van der Waals surface area contributed by atoms with Gasteiger partial charge in [0.05, 0.1) is 11.4 Å². The third kappa shape index (κ3) is 1.71. The van der Waals surface area contributed by atoms with Gasteiger partial charge in [0, 0.05) is 7.14 Å². The van der Waals surface area contributed by atoms with Gasteiger partial charge in [-0.15, -0.1) is 0 Å². The lowest BCUT2D eigenvalue weighted by molar-refractivity contribution is 1.39. The Balaban J connectivity index is 3.46. The van der Waals surface area contributed by atoms with E-state index in [1.807, 2.05) is 13.0 Å². The molecule has 1 rings (SSSR count). The first-order chi connectivity index (χ1) is 5.04. The summed E-state index contributed by atoms with van der Waals surface area (Å²) < 4.78 is 2.23. The van der Waals surface area contributed by atoms with Crippen molar-refractivity contribution in [2.24, 2.45) is 0 Å². The number of rotatable bonds is 0. The second-order valence-corrected chi connectivity index (χ2v) is 4.54. The predicted octanol–water partition coefficient (Wildman–Crippen LogP) is 2.37. The van der Waals surface area contributed by atoms with Crippen LogP contribution in [0.25, 0.3) is 0 Å². The maximum absolute atomic E-state index is 5.72. The molecule has 0 atom stereocenters. The molecule has 11 heavy (non-hydrogen) atoms. The Morgan fingerprint density at radius 1 is 1.27 bits per heavy atom. The van der Waals surface area contributed by atoms with Gasteiger partial charge in [-0.2, -0.15) is 0 Å². The normalized spacial score (nSPS) is 10.1.